The maximum atomic E-state index is 13.1. The number of allylic oxidation sites excluding steroid dienone is 1. The number of carbonyl (C=O) groups is 2. The molecule has 0 saturated heterocycles. The molecule has 3 amide bonds. The zero-order valence-corrected chi connectivity index (χ0v) is 15.6. The molecule has 0 radical (unpaired) electrons. The third kappa shape index (κ3) is 3.90. The Bertz CT molecular complexity index is 941. The Hall–Kier alpha value is -3.55. The number of amides is 3. The summed E-state index contributed by atoms with van der Waals surface area (Å²) < 4.78 is 23.7. The minimum atomic E-state index is -0.741. The van der Waals surface area contributed by atoms with Crippen LogP contribution < -0.4 is 25.4 Å². The number of benzene rings is 2. The quantitative estimate of drug-likeness (QED) is 0.738. The molecule has 28 heavy (non-hydrogen) atoms. The average Bonchev–Trinajstić information content (AvgIpc) is 2.68. The molecule has 1 atom stereocenters. The number of methoxy groups -OCH3 is 2. The molecule has 8 heteroatoms. The third-order valence-corrected chi connectivity index (χ3v) is 4.37. The van der Waals surface area contributed by atoms with Gasteiger partial charge in [-0.25, -0.2) is 9.18 Å². The lowest BCUT2D eigenvalue weighted by molar-refractivity contribution is -0.113. The largest absolute Gasteiger partial charge is 0.497 e. The summed E-state index contributed by atoms with van der Waals surface area (Å²) in [6.45, 7) is 1.64. The van der Waals surface area contributed by atoms with Crippen molar-refractivity contribution in [1.29, 1.82) is 0 Å². The Morgan fingerprint density at radius 1 is 1.11 bits per heavy atom. The lowest BCUT2D eigenvalue weighted by atomic mass is 9.94. The molecule has 1 unspecified atom stereocenters. The molecule has 7 nitrogen and oxygen atoms in total. The summed E-state index contributed by atoms with van der Waals surface area (Å²) in [6.07, 6.45) is 0. The summed E-state index contributed by atoms with van der Waals surface area (Å²) in [5.74, 6) is 0.214. The van der Waals surface area contributed by atoms with Crippen LogP contribution in [0.1, 0.15) is 18.5 Å². The molecule has 1 heterocycles. The highest BCUT2D eigenvalue weighted by Gasteiger charge is 2.33. The first kappa shape index (κ1) is 19.2. The van der Waals surface area contributed by atoms with Gasteiger partial charge in [0.15, 0.2) is 0 Å². The molecule has 0 saturated carbocycles. The number of hydrogen-bond donors (Lipinski definition) is 3. The van der Waals surface area contributed by atoms with Crippen molar-refractivity contribution in [2.75, 3.05) is 19.5 Å². The van der Waals surface area contributed by atoms with Gasteiger partial charge in [0, 0.05) is 23.0 Å². The van der Waals surface area contributed by atoms with Crippen LogP contribution in [-0.2, 0) is 4.79 Å². The van der Waals surface area contributed by atoms with Crippen molar-refractivity contribution in [3.63, 3.8) is 0 Å². The van der Waals surface area contributed by atoms with Crippen LogP contribution in [0, 0.1) is 5.82 Å². The molecular weight excluding hydrogens is 365 g/mol. The van der Waals surface area contributed by atoms with Crippen molar-refractivity contribution in [1.82, 2.24) is 10.6 Å². The zero-order chi connectivity index (χ0) is 20.3. The van der Waals surface area contributed by atoms with Crippen LogP contribution in [-0.4, -0.2) is 26.2 Å². The van der Waals surface area contributed by atoms with Gasteiger partial charge in [0.05, 0.1) is 25.8 Å². The highest BCUT2D eigenvalue weighted by molar-refractivity contribution is 6.06. The molecule has 2 aromatic carbocycles. The van der Waals surface area contributed by atoms with E-state index in [0.717, 1.165) is 0 Å². The molecule has 3 N–H and O–H groups in total. The number of halogens is 1. The fraction of sp³-hybridized carbons (Fsp3) is 0.200. The van der Waals surface area contributed by atoms with Crippen LogP contribution in [0.15, 0.2) is 53.7 Å². The Labute approximate surface area is 161 Å². The third-order valence-electron chi connectivity index (χ3n) is 4.37. The predicted octanol–water partition coefficient (Wildman–Crippen LogP) is 3.11. The summed E-state index contributed by atoms with van der Waals surface area (Å²) in [7, 11) is 3.03. The summed E-state index contributed by atoms with van der Waals surface area (Å²) in [6, 6.07) is 9.37. The maximum absolute atomic E-state index is 13.1. The summed E-state index contributed by atoms with van der Waals surface area (Å²) in [5, 5.41) is 8.08. The number of anilines is 1. The number of nitrogens with one attached hydrogen (secondary N) is 3. The Morgan fingerprint density at radius 2 is 1.82 bits per heavy atom. The van der Waals surface area contributed by atoms with E-state index < -0.39 is 23.8 Å². The SMILES string of the molecule is COc1ccc(C2NC(=O)NC(C)=C2C(=O)Nc2ccc(F)cc2)c(OC)c1. The van der Waals surface area contributed by atoms with Crippen molar-refractivity contribution in [3.05, 3.63) is 65.1 Å². The van der Waals surface area contributed by atoms with Gasteiger partial charge in [0.2, 0.25) is 0 Å². The van der Waals surface area contributed by atoms with E-state index in [0.29, 0.717) is 34.0 Å². The Kier molecular flexibility index (Phi) is 5.49. The van der Waals surface area contributed by atoms with E-state index in [4.69, 9.17) is 9.47 Å². The molecule has 3 rings (SSSR count). The van der Waals surface area contributed by atoms with Gasteiger partial charge < -0.3 is 25.4 Å². The summed E-state index contributed by atoms with van der Waals surface area (Å²) >= 11 is 0. The molecule has 1 aliphatic heterocycles. The average molecular weight is 385 g/mol. The number of rotatable bonds is 5. The fourth-order valence-electron chi connectivity index (χ4n) is 3.02. The van der Waals surface area contributed by atoms with Crippen molar-refractivity contribution in [2.45, 2.75) is 13.0 Å². The van der Waals surface area contributed by atoms with Gasteiger partial charge in [0.25, 0.3) is 5.91 Å². The lowest BCUT2D eigenvalue weighted by Crippen LogP contribution is -2.46. The van der Waals surface area contributed by atoms with Gasteiger partial charge in [0.1, 0.15) is 17.3 Å². The Balaban J connectivity index is 1.99. The molecule has 1 aliphatic rings. The van der Waals surface area contributed by atoms with Crippen LogP contribution in [0.3, 0.4) is 0 Å². The molecule has 2 aromatic rings. The summed E-state index contributed by atoms with van der Waals surface area (Å²) in [4.78, 5) is 25.0. The highest BCUT2D eigenvalue weighted by Crippen LogP contribution is 2.35. The first-order valence-electron chi connectivity index (χ1n) is 8.50. The van der Waals surface area contributed by atoms with Crippen LogP contribution in [0.2, 0.25) is 0 Å². The predicted molar refractivity (Wildman–Crippen MR) is 102 cm³/mol. The van der Waals surface area contributed by atoms with E-state index in [1.54, 1.807) is 25.1 Å². The second-order valence-electron chi connectivity index (χ2n) is 6.14. The van der Waals surface area contributed by atoms with E-state index in [2.05, 4.69) is 16.0 Å². The van der Waals surface area contributed by atoms with E-state index in [1.165, 1.54) is 38.5 Å². The van der Waals surface area contributed by atoms with E-state index in [9.17, 15) is 14.0 Å². The van der Waals surface area contributed by atoms with Crippen LogP contribution in [0.5, 0.6) is 11.5 Å². The molecule has 0 spiro atoms. The first-order chi connectivity index (χ1) is 13.4. The zero-order valence-electron chi connectivity index (χ0n) is 15.6. The minimum Gasteiger partial charge on any atom is -0.497 e. The highest BCUT2D eigenvalue weighted by atomic mass is 19.1. The monoisotopic (exact) mass is 385 g/mol. The lowest BCUT2D eigenvalue weighted by Gasteiger charge is -2.29. The molecule has 0 bridgehead atoms. The van der Waals surface area contributed by atoms with Gasteiger partial charge >= 0.3 is 6.03 Å². The second-order valence-corrected chi connectivity index (χ2v) is 6.14. The van der Waals surface area contributed by atoms with Gasteiger partial charge in [-0.15, -0.1) is 0 Å². The second kappa shape index (κ2) is 7.99. The van der Waals surface area contributed by atoms with Crippen molar-refractivity contribution < 1.29 is 23.5 Å². The number of carbonyl (C=O) groups excluding carboxylic acids is 2. The molecule has 146 valence electrons. The van der Waals surface area contributed by atoms with Crippen molar-refractivity contribution in [2.24, 2.45) is 0 Å². The standard InChI is InChI=1S/C20H20FN3O4/c1-11-17(19(25)23-13-6-4-12(21)5-7-13)18(24-20(26)22-11)15-9-8-14(27-2)10-16(15)28-3/h4-10,18H,1-3H3,(H,23,25)(H2,22,24,26). The minimum absolute atomic E-state index is 0.312. The first-order valence-corrected chi connectivity index (χ1v) is 8.50. The van der Waals surface area contributed by atoms with Gasteiger partial charge in [-0.05, 0) is 43.3 Å². The fourth-order valence-corrected chi connectivity index (χ4v) is 3.02. The molecule has 0 aliphatic carbocycles. The molecule has 0 fully saturated rings. The van der Waals surface area contributed by atoms with Crippen molar-refractivity contribution >= 4 is 17.6 Å². The number of hydrogen-bond acceptors (Lipinski definition) is 4. The molecular formula is C20H20FN3O4. The Morgan fingerprint density at radius 3 is 2.46 bits per heavy atom. The van der Waals surface area contributed by atoms with E-state index >= 15 is 0 Å². The van der Waals surface area contributed by atoms with Gasteiger partial charge in [-0.2, -0.15) is 0 Å². The van der Waals surface area contributed by atoms with Gasteiger partial charge in [-0.1, -0.05) is 0 Å². The number of urea groups is 1. The van der Waals surface area contributed by atoms with Crippen molar-refractivity contribution in [3.8, 4) is 11.5 Å². The topological polar surface area (TPSA) is 88.7 Å². The smallest absolute Gasteiger partial charge is 0.319 e. The van der Waals surface area contributed by atoms with Crippen LogP contribution >= 0.6 is 0 Å². The van der Waals surface area contributed by atoms with Crippen LogP contribution in [0.4, 0.5) is 14.9 Å². The summed E-state index contributed by atoms with van der Waals surface area (Å²) in [5.41, 5.74) is 1.75. The van der Waals surface area contributed by atoms with E-state index in [1.807, 2.05) is 0 Å². The number of ether oxygens (including phenoxy) is 2. The van der Waals surface area contributed by atoms with Gasteiger partial charge in [-0.3, -0.25) is 4.79 Å². The normalized spacial score (nSPS) is 16.1. The molecule has 0 aromatic heterocycles. The van der Waals surface area contributed by atoms with E-state index in [-0.39, 0.29) is 0 Å². The maximum Gasteiger partial charge on any atom is 0.319 e. The van der Waals surface area contributed by atoms with Crippen LogP contribution in [0.25, 0.3) is 0 Å².